The molecule has 2 aromatic carbocycles. The summed E-state index contributed by atoms with van der Waals surface area (Å²) < 4.78 is 6.73. The number of hydrogen-bond donors (Lipinski definition) is 3. The van der Waals surface area contributed by atoms with Gasteiger partial charge >= 0.3 is 5.97 Å². The molecule has 1 aliphatic heterocycles. The van der Waals surface area contributed by atoms with E-state index in [9.17, 15) is 24.8 Å². The largest absolute Gasteiger partial charge is 0.508 e. The third-order valence-corrected chi connectivity index (χ3v) is 8.32. The van der Waals surface area contributed by atoms with Gasteiger partial charge < -0.3 is 25.8 Å². The van der Waals surface area contributed by atoms with Gasteiger partial charge in [0, 0.05) is 25.6 Å². The Labute approximate surface area is 245 Å². The molecule has 1 amide bonds. The number of aromatic nitrogens is 2. The maximum absolute atomic E-state index is 13.9. The number of nitrogens with two attached hydrogens (primary N) is 1. The smallest absolute Gasteiger partial charge is 0.328 e. The molecule has 0 radical (unpaired) electrons. The van der Waals surface area contributed by atoms with Gasteiger partial charge in [0.05, 0.1) is 35.7 Å². The number of hydrogen-bond acceptors (Lipinski definition) is 10. The van der Waals surface area contributed by atoms with Gasteiger partial charge in [0.25, 0.3) is 11.5 Å². The highest BCUT2D eigenvalue weighted by molar-refractivity contribution is 7.20. The summed E-state index contributed by atoms with van der Waals surface area (Å²) in [6.45, 7) is 1.32. The number of nitrogens with zero attached hydrogens (tertiary/aromatic N) is 4. The molecule has 216 valence electrons. The lowest BCUT2D eigenvalue weighted by molar-refractivity contribution is -0.142. The summed E-state index contributed by atoms with van der Waals surface area (Å²) in [6, 6.07) is 16.0. The van der Waals surface area contributed by atoms with Crippen molar-refractivity contribution >= 4 is 39.4 Å². The van der Waals surface area contributed by atoms with Gasteiger partial charge in [-0.05, 0) is 48.2 Å². The number of benzene rings is 2. The SMILES string of the molecule is COC(=O)C(Cc1ccc(O)cc1)NC(=O)c1cc2nc(N3CCC[C@@H](N)C3)n(Cc3ccccc3C#N)c(=O)c2s1. The maximum atomic E-state index is 13.9. The van der Waals surface area contributed by atoms with Crippen molar-refractivity contribution in [2.45, 2.75) is 37.9 Å². The molecule has 1 aliphatic rings. The summed E-state index contributed by atoms with van der Waals surface area (Å²) in [5.41, 5.74) is 8.13. The minimum Gasteiger partial charge on any atom is -0.508 e. The molecular formula is C30H30N6O5S. The molecule has 2 aromatic heterocycles. The van der Waals surface area contributed by atoms with Crippen LogP contribution in [-0.4, -0.2) is 58.8 Å². The van der Waals surface area contributed by atoms with E-state index in [0.29, 0.717) is 41.2 Å². The number of amides is 1. The summed E-state index contributed by atoms with van der Waals surface area (Å²) in [5.74, 6) is -0.657. The van der Waals surface area contributed by atoms with Crippen LogP contribution in [0.1, 0.15) is 39.2 Å². The number of piperidine rings is 1. The van der Waals surface area contributed by atoms with Gasteiger partial charge in [0.15, 0.2) is 0 Å². The van der Waals surface area contributed by atoms with Crippen LogP contribution in [0.4, 0.5) is 5.95 Å². The number of fused-ring (bicyclic) bond motifs is 1. The van der Waals surface area contributed by atoms with Crippen LogP contribution in [0.25, 0.3) is 10.2 Å². The summed E-state index contributed by atoms with van der Waals surface area (Å²) in [5, 5.41) is 21.9. The van der Waals surface area contributed by atoms with Crippen LogP contribution in [0.15, 0.2) is 59.4 Å². The van der Waals surface area contributed by atoms with Crippen molar-refractivity contribution in [2.75, 3.05) is 25.1 Å². The number of nitrogens with one attached hydrogen (secondary N) is 1. The topological polar surface area (TPSA) is 164 Å². The lowest BCUT2D eigenvalue weighted by Gasteiger charge is -2.33. The summed E-state index contributed by atoms with van der Waals surface area (Å²) in [4.78, 5) is 46.8. The van der Waals surface area contributed by atoms with E-state index in [1.165, 1.54) is 23.8 Å². The second kappa shape index (κ2) is 12.4. The van der Waals surface area contributed by atoms with E-state index in [0.717, 1.165) is 24.2 Å². The molecule has 11 nitrogen and oxygen atoms in total. The normalized spacial score (nSPS) is 15.6. The molecule has 1 unspecified atom stereocenters. The van der Waals surface area contributed by atoms with E-state index in [1.54, 1.807) is 36.4 Å². The van der Waals surface area contributed by atoms with Gasteiger partial charge in [-0.15, -0.1) is 11.3 Å². The number of phenols is 1. The van der Waals surface area contributed by atoms with Crippen molar-refractivity contribution in [3.63, 3.8) is 0 Å². The monoisotopic (exact) mass is 586 g/mol. The van der Waals surface area contributed by atoms with Crippen molar-refractivity contribution in [3.8, 4) is 11.8 Å². The maximum Gasteiger partial charge on any atom is 0.328 e. The van der Waals surface area contributed by atoms with E-state index in [4.69, 9.17) is 15.5 Å². The van der Waals surface area contributed by atoms with Crippen molar-refractivity contribution in [3.05, 3.63) is 86.5 Å². The van der Waals surface area contributed by atoms with Crippen LogP contribution in [0.2, 0.25) is 0 Å². The predicted octanol–water partition coefficient (Wildman–Crippen LogP) is 2.53. The molecule has 3 heterocycles. The predicted molar refractivity (Wildman–Crippen MR) is 159 cm³/mol. The number of phenolic OH excluding ortho intramolecular Hbond substituents is 1. The van der Waals surface area contributed by atoms with Crippen LogP contribution in [0.3, 0.4) is 0 Å². The molecule has 1 saturated heterocycles. The second-order valence-electron chi connectivity index (χ2n) is 10.2. The van der Waals surface area contributed by atoms with Gasteiger partial charge in [-0.3, -0.25) is 14.2 Å². The Kier molecular flexibility index (Phi) is 8.51. The molecule has 0 bridgehead atoms. The molecule has 0 spiro atoms. The van der Waals surface area contributed by atoms with E-state index >= 15 is 0 Å². The molecule has 5 rings (SSSR count). The van der Waals surface area contributed by atoms with E-state index in [-0.39, 0.29) is 39.9 Å². The number of nitriles is 1. The highest BCUT2D eigenvalue weighted by atomic mass is 32.1. The fourth-order valence-electron chi connectivity index (χ4n) is 5.06. The van der Waals surface area contributed by atoms with Crippen LogP contribution in [0, 0.1) is 11.3 Å². The second-order valence-corrected chi connectivity index (χ2v) is 11.2. The lowest BCUT2D eigenvalue weighted by atomic mass is 10.1. The van der Waals surface area contributed by atoms with Crippen molar-refractivity contribution in [1.29, 1.82) is 5.26 Å². The molecular weight excluding hydrogens is 556 g/mol. The first-order chi connectivity index (χ1) is 20.3. The molecule has 4 N–H and O–H groups in total. The Bertz CT molecular complexity index is 1730. The summed E-state index contributed by atoms with van der Waals surface area (Å²) >= 11 is 0.991. The molecule has 0 saturated carbocycles. The minimum atomic E-state index is -0.991. The van der Waals surface area contributed by atoms with Crippen LogP contribution in [0.5, 0.6) is 5.75 Å². The molecule has 42 heavy (non-hydrogen) atoms. The molecule has 4 aromatic rings. The fraction of sp³-hybridized carbons (Fsp3) is 0.300. The summed E-state index contributed by atoms with van der Waals surface area (Å²) in [6.07, 6.45) is 1.86. The first kappa shape index (κ1) is 28.8. The van der Waals surface area contributed by atoms with Crippen molar-refractivity contribution < 1.29 is 19.4 Å². The molecule has 12 heteroatoms. The van der Waals surface area contributed by atoms with Crippen molar-refractivity contribution in [2.24, 2.45) is 5.73 Å². The Morgan fingerprint density at radius 1 is 1.26 bits per heavy atom. The molecule has 2 atom stereocenters. The average Bonchev–Trinajstić information content (AvgIpc) is 3.44. The third kappa shape index (κ3) is 6.12. The Morgan fingerprint density at radius 2 is 2.02 bits per heavy atom. The minimum absolute atomic E-state index is 0.0705. The van der Waals surface area contributed by atoms with E-state index < -0.39 is 17.9 Å². The zero-order valence-corrected chi connectivity index (χ0v) is 23.8. The van der Waals surface area contributed by atoms with E-state index in [1.807, 2.05) is 11.0 Å². The highest BCUT2D eigenvalue weighted by Crippen LogP contribution is 2.26. The number of thiophene rings is 1. The van der Waals surface area contributed by atoms with Crippen LogP contribution >= 0.6 is 11.3 Å². The molecule has 0 aliphatic carbocycles. The number of methoxy groups -OCH3 is 1. The first-order valence-corrected chi connectivity index (χ1v) is 14.3. The van der Waals surface area contributed by atoms with Crippen LogP contribution < -0.4 is 21.5 Å². The van der Waals surface area contributed by atoms with Gasteiger partial charge in [-0.2, -0.15) is 5.26 Å². The third-order valence-electron chi connectivity index (χ3n) is 7.21. The number of ether oxygens (including phenoxy) is 1. The van der Waals surface area contributed by atoms with Crippen LogP contribution in [-0.2, 0) is 22.5 Å². The number of rotatable bonds is 8. The Hall–Kier alpha value is -4.73. The number of carbonyl (C=O) groups excluding carboxylic acids is 2. The Morgan fingerprint density at radius 3 is 2.74 bits per heavy atom. The van der Waals surface area contributed by atoms with Gasteiger partial charge in [0.1, 0.15) is 16.5 Å². The first-order valence-electron chi connectivity index (χ1n) is 13.5. The lowest BCUT2D eigenvalue weighted by Crippen LogP contribution is -2.45. The number of anilines is 1. The zero-order valence-electron chi connectivity index (χ0n) is 22.9. The van der Waals surface area contributed by atoms with E-state index in [2.05, 4.69) is 11.4 Å². The quantitative estimate of drug-likeness (QED) is 0.263. The number of aromatic hydroxyl groups is 1. The number of esters is 1. The van der Waals surface area contributed by atoms with Crippen molar-refractivity contribution in [1.82, 2.24) is 14.9 Å². The Balaban J connectivity index is 1.51. The average molecular weight is 587 g/mol. The zero-order chi connectivity index (χ0) is 29.8. The summed E-state index contributed by atoms with van der Waals surface area (Å²) in [7, 11) is 1.24. The molecule has 1 fully saturated rings. The van der Waals surface area contributed by atoms with Gasteiger partial charge in [-0.25, -0.2) is 9.78 Å². The van der Waals surface area contributed by atoms with Gasteiger partial charge in [-0.1, -0.05) is 30.3 Å². The fourth-order valence-corrected chi connectivity index (χ4v) is 6.01. The number of carbonyl (C=O) groups is 2. The highest BCUT2D eigenvalue weighted by Gasteiger charge is 2.27. The standard InChI is InChI=1S/C30H30N6O5S/c1-41-29(40)24(13-18-8-10-22(37)11-9-18)33-27(38)25-14-23-26(42-25)28(39)36(16-20-6-3-2-5-19(20)15-31)30(34-23)35-12-4-7-21(32)17-35/h2-3,5-6,8-11,14,21,24,37H,4,7,12-13,16-17,32H2,1H3,(H,33,38)/t21-,24?/m1/s1. The van der Waals surface area contributed by atoms with Gasteiger partial charge in [0.2, 0.25) is 5.95 Å².